The third-order valence-electron chi connectivity index (χ3n) is 3.14. The Balaban J connectivity index is 2.16. The molecule has 110 valence electrons. The Kier molecular flexibility index (Phi) is 4.90. The Hall–Kier alpha value is -0.830. The van der Waals surface area contributed by atoms with Crippen LogP contribution in [0.25, 0.3) is 0 Å². The van der Waals surface area contributed by atoms with Crippen molar-refractivity contribution < 1.29 is 12.6 Å². The molecule has 5 nitrogen and oxygen atoms in total. The highest BCUT2D eigenvalue weighted by atomic mass is 32.2. The first-order valence-corrected chi connectivity index (χ1v) is 9.53. The molecule has 1 fully saturated rings. The van der Waals surface area contributed by atoms with Crippen LogP contribution in [0.15, 0.2) is 29.2 Å². The topological polar surface area (TPSA) is 89.3 Å². The van der Waals surface area contributed by atoms with Crippen LogP contribution in [0.4, 0.5) is 0 Å². The van der Waals surface area contributed by atoms with Crippen LogP contribution in [0.1, 0.15) is 18.4 Å². The van der Waals surface area contributed by atoms with E-state index < -0.39 is 20.8 Å². The zero-order chi connectivity index (χ0) is 14.8. The number of thiocarbonyl (C=S) groups is 1. The lowest BCUT2D eigenvalue weighted by Gasteiger charge is -2.22. The van der Waals surface area contributed by atoms with Gasteiger partial charge in [-0.15, -0.1) is 0 Å². The zero-order valence-electron chi connectivity index (χ0n) is 10.7. The lowest BCUT2D eigenvalue weighted by Crippen LogP contribution is -2.39. The van der Waals surface area contributed by atoms with E-state index in [4.69, 9.17) is 18.0 Å². The van der Waals surface area contributed by atoms with E-state index in [1.165, 1.54) is 12.1 Å². The Bertz CT molecular complexity index is 633. The van der Waals surface area contributed by atoms with E-state index in [1.54, 1.807) is 12.1 Å². The van der Waals surface area contributed by atoms with Crippen molar-refractivity contribution in [3.8, 4) is 0 Å². The monoisotopic (exact) mass is 332 g/mol. The lowest BCUT2D eigenvalue weighted by molar-refractivity contribution is 0.522. The van der Waals surface area contributed by atoms with E-state index in [1.807, 2.05) is 0 Å². The molecule has 1 aromatic rings. The highest BCUT2D eigenvalue weighted by Gasteiger charge is 2.24. The summed E-state index contributed by atoms with van der Waals surface area (Å²) in [5.74, 6) is 1.08. The molecule has 3 N–H and O–H groups in total. The van der Waals surface area contributed by atoms with Crippen LogP contribution in [-0.4, -0.2) is 35.2 Å². The summed E-state index contributed by atoms with van der Waals surface area (Å²) in [5.41, 5.74) is 6.03. The molecule has 8 heteroatoms. The second-order valence-corrected chi connectivity index (χ2v) is 8.49. The predicted octanol–water partition coefficient (Wildman–Crippen LogP) is 0.510. The third kappa shape index (κ3) is 3.85. The van der Waals surface area contributed by atoms with Gasteiger partial charge in [0.25, 0.3) is 0 Å². The maximum atomic E-state index is 12.3. The van der Waals surface area contributed by atoms with Crippen molar-refractivity contribution in [3.63, 3.8) is 0 Å². The summed E-state index contributed by atoms with van der Waals surface area (Å²) in [6, 6.07) is 6.09. The number of benzene rings is 1. The molecule has 0 aromatic heterocycles. The second kappa shape index (κ2) is 6.30. The van der Waals surface area contributed by atoms with E-state index >= 15 is 0 Å². The fourth-order valence-electron chi connectivity index (χ4n) is 2.02. The Morgan fingerprint density at radius 1 is 1.35 bits per heavy atom. The number of sulfonamides is 1. The molecule has 0 amide bonds. The van der Waals surface area contributed by atoms with Crippen LogP contribution in [0.5, 0.6) is 0 Å². The van der Waals surface area contributed by atoms with Gasteiger partial charge in [-0.2, -0.15) is 0 Å². The minimum atomic E-state index is -3.60. The van der Waals surface area contributed by atoms with Crippen LogP contribution >= 0.6 is 12.2 Å². The van der Waals surface area contributed by atoms with Gasteiger partial charge in [0.2, 0.25) is 10.0 Å². The highest BCUT2D eigenvalue weighted by Crippen LogP contribution is 2.16. The summed E-state index contributed by atoms with van der Waals surface area (Å²) in [7, 11) is -4.41. The largest absolute Gasteiger partial charge is 0.389 e. The fourth-order valence-corrected chi connectivity index (χ4v) is 4.79. The first-order valence-electron chi connectivity index (χ1n) is 6.15. The fraction of sp³-hybridized carbons (Fsp3) is 0.417. The number of rotatable bonds is 4. The van der Waals surface area contributed by atoms with Crippen LogP contribution in [0.3, 0.4) is 0 Å². The zero-order valence-corrected chi connectivity index (χ0v) is 13.2. The van der Waals surface area contributed by atoms with Crippen molar-refractivity contribution in [2.75, 3.05) is 11.5 Å². The molecule has 0 atom stereocenters. The van der Waals surface area contributed by atoms with Crippen molar-refractivity contribution in [1.29, 1.82) is 0 Å². The van der Waals surface area contributed by atoms with E-state index in [9.17, 15) is 12.6 Å². The molecule has 0 aliphatic carbocycles. The number of hydrogen-bond donors (Lipinski definition) is 2. The molecule has 1 aliphatic rings. The molecule has 1 aliphatic heterocycles. The van der Waals surface area contributed by atoms with Crippen LogP contribution in [0.2, 0.25) is 0 Å². The first kappa shape index (κ1) is 15.6. The van der Waals surface area contributed by atoms with Gasteiger partial charge in [0.15, 0.2) is 0 Å². The summed E-state index contributed by atoms with van der Waals surface area (Å²) in [5, 5.41) is 0. The quantitative estimate of drug-likeness (QED) is 0.784. The molecule has 0 spiro atoms. The van der Waals surface area contributed by atoms with Gasteiger partial charge >= 0.3 is 0 Å². The molecule has 1 aromatic carbocycles. The summed E-state index contributed by atoms with van der Waals surface area (Å²) < 4.78 is 38.5. The average Bonchev–Trinajstić information content (AvgIpc) is 2.41. The maximum Gasteiger partial charge on any atom is 0.240 e. The Morgan fingerprint density at radius 3 is 2.60 bits per heavy atom. The molecule has 20 heavy (non-hydrogen) atoms. The first-order chi connectivity index (χ1) is 9.38. The molecule has 2 rings (SSSR count). The van der Waals surface area contributed by atoms with Crippen LogP contribution in [-0.2, 0) is 20.8 Å². The number of nitrogens with one attached hydrogen (secondary N) is 1. The average molecular weight is 332 g/mol. The van der Waals surface area contributed by atoms with Gasteiger partial charge in [0.05, 0.1) is 4.90 Å². The second-order valence-electron chi connectivity index (χ2n) is 4.64. The predicted molar refractivity (Wildman–Crippen MR) is 83.5 cm³/mol. The van der Waals surface area contributed by atoms with Crippen molar-refractivity contribution in [2.24, 2.45) is 5.73 Å². The molecule has 0 saturated carbocycles. The standard InChI is InChI=1S/C12H16N2O3S3/c13-12(18)9-2-1-3-11(8-9)20(16,17)14-10-4-6-19(15)7-5-10/h1-3,8,10,14H,4-7H2,(H2,13,18). The van der Waals surface area contributed by atoms with Crippen molar-refractivity contribution >= 4 is 38.0 Å². The Morgan fingerprint density at radius 2 is 2.00 bits per heavy atom. The SMILES string of the molecule is NC(=S)c1cccc(S(=O)(=O)NC2CCS(=O)CC2)c1. The number of hydrogen-bond acceptors (Lipinski definition) is 4. The molecule has 1 heterocycles. The number of nitrogens with two attached hydrogens (primary N) is 1. The summed E-state index contributed by atoms with van der Waals surface area (Å²) in [6.45, 7) is 0. The van der Waals surface area contributed by atoms with Crippen molar-refractivity contribution in [3.05, 3.63) is 29.8 Å². The minimum absolute atomic E-state index is 0.148. The van der Waals surface area contributed by atoms with Crippen LogP contribution in [0, 0.1) is 0 Å². The van der Waals surface area contributed by atoms with Gasteiger partial charge in [-0.05, 0) is 25.0 Å². The molecule has 0 unspecified atom stereocenters. The lowest BCUT2D eigenvalue weighted by atomic mass is 10.2. The van der Waals surface area contributed by atoms with Gasteiger partial charge in [0, 0.05) is 33.9 Å². The third-order valence-corrected chi connectivity index (χ3v) is 6.27. The van der Waals surface area contributed by atoms with Gasteiger partial charge in [0.1, 0.15) is 4.99 Å². The van der Waals surface area contributed by atoms with Gasteiger partial charge in [-0.3, -0.25) is 4.21 Å². The molecule has 1 saturated heterocycles. The summed E-state index contributed by atoms with van der Waals surface area (Å²) >= 11 is 4.85. The van der Waals surface area contributed by atoms with Gasteiger partial charge < -0.3 is 5.73 Å². The normalized spacial score (nSPS) is 23.4. The molecule has 0 bridgehead atoms. The van der Waals surface area contributed by atoms with Gasteiger partial charge in [-0.25, -0.2) is 13.1 Å². The van der Waals surface area contributed by atoms with Crippen LogP contribution < -0.4 is 10.5 Å². The van der Waals surface area contributed by atoms with Crippen molar-refractivity contribution in [2.45, 2.75) is 23.8 Å². The van der Waals surface area contributed by atoms with Gasteiger partial charge in [-0.1, -0.05) is 24.4 Å². The molecular formula is C12H16N2O3S3. The maximum absolute atomic E-state index is 12.3. The molecular weight excluding hydrogens is 316 g/mol. The van der Waals surface area contributed by atoms with E-state index in [2.05, 4.69) is 4.72 Å². The van der Waals surface area contributed by atoms with E-state index in [0.29, 0.717) is 29.9 Å². The Labute approximate surface area is 126 Å². The highest BCUT2D eigenvalue weighted by molar-refractivity contribution is 7.89. The van der Waals surface area contributed by atoms with E-state index in [-0.39, 0.29) is 15.9 Å². The summed E-state index contributed by atoms with van der Waals surface area (Å²) in [4.78, 5) is 0.310. The van der Waals surface area contributed by atoms with Crippen molar-refractivity contribution in [1.82, 2.24) is 4.72 Å². The minimum Gasteiger partial charge on any atom is -0.389 e. The van der Waals surface area contributed by atoms with E-state index in [0.717, 1.165) is 0 Å². The molecule has 0 radical (unpaired) electrons. The smallest absolute Gasteiger partial charge is 0.240 e. The summed E-state index contributed by atoms with van der Waals surface area (Å²) in [6.07, 6.45) is 1.20.